The van der Waals surface area contributed by atoms with Gasteiger partial charge in [0.05, 0.1) is 11.5 Å². The van der Waals surface area contributed by atoms with E-state index in [0.29, 0.717) is 17.8 Å². The molecule has 0 saturated carbocycles. The minimum absolute atomic E-state index is 0.0267. The minimum atomic E-state index is -0.694. The maximum absolute atomic E-state index is 13.3. The summed E-state index contributed by atoms with van der Waals surface area (Å²) >= 11 is 1.34. The SMILES string of the molecule is CCCn1c(N)c(N(CCOC)C(=O)c2cc3ccccc3s2)c(=O)[nH]c1=O. The molecule has 28 heavy (non-hydrogen) atoms. The van der Waals surface area contributed by atoms with Crippen LogP contribution in [0.5, 0.6) is 0 Å². The lowest BCUT2D eigenvalue weighted by Gasteiger charge is -2.23. The number of aromatic nitrogens is 2. The third-order valence-corrected chi connectivity index (χ3v) is 5.44. The van der Waals surface area contributed by atoms with E-state index in [2.05, 4.69) is 4.98 Å². The first kappa shape index (κ1) is 19.8. The van der Waals surface area contributed by atoms with Crippen LogP contribution in [-0.4, -0.2) is 35.7 Å². The number of thiophene rings is 1. The van der Waals surface area contributed by atoms with Crippen molar-refractivity contribution < 1.29 is 9.53 Å². The number of carbonyl (C=O) groups is 1. The summed E-state index contributed by atoms with van der Waals surface area (Å²) in [6, 6.07) is 9.44. The van der Waals surface area contributed by atoms with Crippen LogP contribution in [0.15, 0.2) is 39.9 Å². The molecule has 0 bridgehead atoms. The molecule has 1 aromatic carbocycles. The van der Waals surface area contributed by atoms with E-state index >= 15 is 0 Å². The predicted molar refractivity (Wildman–Crippen MR) is 111 cm³/mol. The van der Waals surface area contributed by atoms with Gasteiger partial charge in [0, 0.05) is 24.9 Å². The number of hydrogen-bond acceptors (Lipinski definition) is 6. The van der Waals surface area contributed by atoms with Gasteiger partial charge in [-0.3, -0.25) is 24.0 Å². The van der Waals surface area contributed by atoms with Crippen molar-refractivity contribution in [3.05, 3.63) is 56.0 Å². The van der Waals surface area contributed by atoms with Crippen molar-refractivity contribution in [2.24, 2.45) is 0 Å². The van der Waals surface area contributed by atoms with Crippen LogP contribution in [-0.2, 0) is 11.3 Å². The molecule has 148 valence electrons. The lowest BCUT2D eigenvalue weighted by Crippen LogP contribution is -2.42. The highest BCUT2D eigenvalue weighted by Gasteiger charge is 2.26. The molecule has 3 N–H and O–H groups in total. The Morgan fingerprint density at radius 3 is 2.75 bits per heavy atom. The number of anilines is 2. The van der Waals surface area contributed by atoms with Crippen LogP contribution >= 0.6 is 11.3 Å². The molecule has 9 heteroatoms. The van der Waals surface area contributed by atoms with E-state index in [0.717, 1.165) is 10.1 Å². The van der Waals surface area contributed by atoms with E-state index in [1.54, 1.807) is 6.07 Å². The second-order valence-corrected chi connectivity index (χ2v) is 7.33. The third-order valence-electron chi connectivity index (χ3n) is 4.33. The maximum Gasteiger partial charge on any atom is 0.330 e. The van der Waals surface area contributed by atoms with Crippen LogP contribution in [0, 0.1) is 0 Å². The van der Waals surface area contributed by atoms with Gasteiger partial charge in [0.15, 0.2) is 5.69 Å². The van der Waals surface area contributed by atoms with E-state index in [4.69, 9.17) is 10.5 Å². The quantitative estimate of drug-likeness (QED) is 0.628. The average molecular weight is 402 g/mol. The van der Waals surface area contributed by atoms with Crippen molar-refractivity contribution in [2.45, 2.75) is 19.9 Å². The van der Waals surface area contributed by atoms with Gasteiger partial charge in [-0.2, -0.15) is 0 Å². The minimum Gasteiger partial charge on any atom is -0.383 e. The van der Waals surface area contributed by atoms with Crippen molar-refractivity contribution in [2.75, 3.05) is 30.9 Å². The molecular formula is C19H22N4O4S. The fraction of sp³-hybridized carbons (Fsp3) is 0.316. The largest absolute Gasteiger partial charge is 0.383 e. The fourth-order valence-corrected chi connectivity index (χ4v) is 4.01. The summed E-state index contributed by atoms with van der Waals surface area (Å²) in [6.07, 6.45) is 0.651. The summed E-state index contributed by atoms with van der Waals surface area (Å²) in [5, 5.41) is 0.945. The number of H-pyrrole nitrogens is 1. The Balaban J connectivity index is 2.12. The molecule has 2 heterocycles. The second kappa shape index (κ2) is 8.41. The summed E-state index contributed by atoms with van der Waals surface area (Å²) in [7, 11) is 1.51. The Morgan fingerprint density at radius 1 is 1.32 bits per heavy atom. The molecular weight excluding hydrogens is 380 g/mol. The van der Waals surface area contributed by atoms with Gasteiger partial charge in [0.2, 0.25) is 0 Å². The molecule has 0 aliphatic rings. The Kier molecular flexibility index (Phi) is 5.96. The lowest BCUT2D eigenvalue weighted by atomic mass is 10.2. The highest BCUT2D eigenvalue weighted by Crippen LogP contribution is 2.28. The first-order chi connectivity index (χ1) is 13.5. The topological polar surface area (TPSA) is 110 Å². The number of amides is 1. The number of ether oxygens (including phenoxy) is 1. The Morgan fingerprint density at radius 2 is 2.07 bits per heavy atom. The highest BCUT2D eigenvalue weighted by atomic mass is 32.1. The number of methoxy groups -OCH3 is 1. The zero-order valence-corrected chi connectivity index (χ0v) is 16.5. The van der Waals surface area contributed by atoms with Crippen LogP contribution in [0.3, 0.4) is 0 Å². The van der Waals surface area contributed by atoms with Gasteiger partial charge in [0.25, 0.3) is 11.5 Å². The van der Waals surface area contributed by atoms with E-state index in [1.807, 2.05) is 31.2 Å². The number of nitrogen functional groups attached to an aromatic ring is 1. The molecule has 0 aliphatic heterocycles. The van der Waals surface area contributed by atoms with Gasteiger partial charge < -0.3 is 10.5 Å². The van der Waals surface area contributed by atoms with Gasteiger partial charge in [-0.1, -0.05) is 25.1 Å². The predicted octanol–water partition coefficient (Wildman–Crippen LogP) is 2.04. The highest BCUT2D eigenvalue weighted by molar-refractivity contribution is 7.20. The summed E-state index contributed by atoms with van der Waals surface area (Å²) in [4.78, 5) is 41.9. The first-order valence-electron chi connectivity index (χ1n) is 8.89. The Labute approximate surface area is 165 Å². The molecule has 0 unspecified atom stereocenters. The molecule has 3 aromatic rings. The zero-order chi connectivity index (χ0) is 20.3. The van der Waals surface area contributed by atoms with Gasteiger partial charge >= 0.3 is 5.69 Å². The third kappa shape index (κ3) is 3.71. The number of benzene rings is 1. The van der Waals surface area contributed by atoms with Crippen molar-refractivity contribution in [3.8, 4) is 0 Å². The van der Waals surface area contributed by atoms with Crippen molar-refractivity contribution in [1.29, 1.82) is 0 Å². The molecule has 0 radical (unpaired) electrons. The monoisotopic (exact) mass is 402 g/mol. The maximum atomic E-state index is 13.3. The summed E-state index contributed by atoms with van der Waals surface area (Å²) in [5.74, 6) is -0.390. The van der Waals surface area contributed by atoms with E-state index in [-0.39, 0.29) is 30.6 Å². The van der Waals surface area contributed by atoms with Crippen LogP contribution in [0.4, 0.5) is 11.5 Å². The van der Waals surface area contributed by atoms with Crippen molar-refractivity contribution in [3.63, 3.8) is 0 Å². The Bertz CT molecular complexity index is 1080. The van der Waals surface area contributed by atoms with E-state index < -0.39 is 11.2 Å². The van der Waals surface area contributed by atoms with E-state index in [9.17, 15) is 14.4 Å². The summed E-state index contributed by atoms with van der Waals surface area (Å²) in [5.41, 5.74) is 4.83. The van der Waals surface area contributed by atoms with Crippen molar-refractivity contribution >= 4 is 38.8 Å². The number of aromatic amines is 1. The summed E-state index contributed by atoms with van der Waals surface area (Å²) < 4.78 is 7.35. The first-order valence-corrected chi connectivity index (χ1v) is 9.71. The summed E-state index contributed by atoms with van der Waals surface area (Å²) in [6.45, 7) is 2.56. The van der Waals surface area contributed by atoms with Gasteiger partial charge in [-0.15, -0.1) is 11.3 Å². The number of fused-ring (bicyclic) bond motifs is 1. The van der Waals surface area contributed by atoms with Crippen LogP contribution in [0.2, 0.25) is 0 Å². The van der Waals surface area contributed by atoms with Crippen molar-refractivity contribution in [1.82, 2.24) is 9.55 Å². The van der Waals surface area contributed by atoms with Crippen LogP contribution < -0.4 is 21.9 Å². The molecule has 2 aromatic heterocycles. The van der Waals surface area contributed by atoms with Gasteiger partial charge in [-0.25, -0.2) is 4.79 Å². The zero-order valence-electron chi connectivity index (χ0n) is 15.7. The fourth-order valence-electron chi connectivity index (χ4n) is 3.00. The number of nitrogens with zero attached hydrogens (tertiary/aromatic N) is 2. The normalized spacial score (nSPS) is 11.1. The number of rotatable bonds is 7. The number of hydrogen-bond donors (Lipinski definition) is 2. The van der Waals surface area contributed by atoms with Gasteiger partial charge in [-0.05, 0) is 23.9 Å². The Hall–Kier alpha value is -2.91. The molecule has 0 spiro atoms. The number of nitrogens with two attached hydrogens (primary N) is 1. The molecule has 0 fully saturated rings. The molecule has 0 saturated heterocycles. The lowest BCUT2D eigenvalue weighted by molar-refractivity contribution is 0.0979. The smallest absolute Gasteiger partial charge is 0.330 e. The van der Waals surface area contributed by atoms with E-state index in [1.165, 1.54) is 27.9 Å². The number of nitrogens with one attached hydrogen (secondary N) is 1. The van der Waals surface area contributed by atoms with Gasteiger partial charge in [0.1, 0.15) is 5.82 Å². The van der Waals surface area contributed by atoms with Crippen LogP contribution in [0.25, 0.3) is 10.1 Å². The molecule has 0 aliphatic carbocycles. The molecule has 0 atom stereocenters. The second-order valence-electron chi connectivity index (χ2n) is 6.24. The molecule has 3 rings (SSSR count). The number of carbonyl (C=O) groups excluding carboxylic acids is 1. The standard InChI is InChI=1S/C19H22N4O4S/c1-3-8-23-16(20)15(17(24)21-19(23)26)22(9-10-27-2)18(25)14-11-12-6-4-5-7-13(12)28-14/h4-7,11H,3,8-10,20H2,1-2H3,(H,21,24,26). The molecule has 8 nitrogen and oxygen atoms in total. The van der Waals surface area contributed by atoms with Crippen LogP contribution in [0.1, 0.15) is 23.0 Å². The molecule has 1 amide bonds. The average Bonchev–Trinajstić information content (AvgIpc) is 3.11.